The monoisotopic (exact) mass is 380 g/mol. The highest BCUT2D eigenvalue weighted by Gasteiger charge is 2.26. The lowest BCUT2D eigenvalue weighted by Gasteiger charge is -2.22. The van der Waals surface area contributed by atoms with Crippen molar-refractivity contribution in [1.29, 1.82) is 0 Å². The van der Waals surface area contributed by atoms with Gasteiger partial charge in [-0.25, -0.2) is 0 Å². The summed E-state index contributed by atoms with van der Waals surface area (Å²) in [4.78, 5) is 26.4. The van der Waals surface area contributed by atoms with Crippen molar-refractivity contribution in [3.63, 3.8) is 0 Å². The number of carbonyl (C=O) groups excluding carboxylic acids is 2. The molecule has 0 bridgehead atoms. The number of nitrogens with one attached hydrogen (secondary N) is 1. The summed E-state index contributed by atoms with van der Waals surface area (Å²) in [6, 6.07) is 13.7. The Morgan fingerprint density at radius 2 is 1.79 bits per heavy atom. The maximum Gasteiger partial charge on any atom is 0.253 e. The highest BCUT2D eigenvalue weighted by Crippen LogP contribution is 2.26. The predicted octanol–water partition coefficient (Wildman–Crippen LogP) is 3.84. The van der Waals surface area contributed by atoms with Crippen molar-refractivity contribution in [2.45, 2.75) is 39.5 Å². The Balaban J connectivity index is 1.62. The highest BCUT2D eigenvalue weighted by molar-refractivity contribution is 6.09. The van der Waals surface area contributed by atoms with Gasteiger partial charge in [-0.3, -0.25) is 9.59 Å². The molecule has 0 unspecified atom stereocenters. The third-order valence-electron chi connectivity index (χ3n) is 4.90. The van der Waals surface area contributed by atoms with Gasteiger partial charge in [0, 0.05) is 6.54 Å². The summed E-state index contributed by atoms with van der Waals surface area (Å²) in [7, 11) is 0. The van der Waals surface area contributed by atoms with Crippen LogP contribution in [0.25, 0.3) is 0 Å². The smallest absolute Gasteiger partial charge is 0.253 e. The number of hydrogen-bond donors (Lipinski definition) is 1. The number of hydrogen-bond acceptors (Lipinski definition) is 3. The van der Waals surface area contributed by atoms with Gasteiger partial charge in [0.15, 0.2) is 0 Å². The van der Waals surface area contributed by atoms with Gasteiger partial charge in [-0.05, 0) is 48.6 Å². The fourth-order valence-corrected chi connectivity index (χ4v) is 3.26. The summed E-state index contributed by atoms with van der Waals surface area (Å²) in [5.41, 5.74) is 3.58. The summed E-state index contributed by atoms with van der Waals surface area (Å²) < 4.78 is 5.84. The minimum atomic E-state index is -0.204. The summed E-state index contributed by atoms with van der Waals surface area (Å²) in [6.45, 7) is 9.50. The van der Waals surface area contributed by atoms with Gasteiger partial charge in [0.2, 0.25) is 5.91 Å². The van der Waals surface area contributed by atoms with Crippen LogP contribution in [-0.4, -0.2) is 31.5 Å². The third kappa shape index (κ3) is 4.53. The van der Waals surface area contributed by atoms with Crippen LogP contribution in [0.15, 0.2) is 42.5 Å². The van der Waals surface area contributed by atoms with Crippen LogP contribution in [0.2, 0.25) is 0 Å². The molecule has 0 spiro atoms. The lowest BCUT2D eigenvalue weighted by atomic mass is 9.87. The fourth-order valence-electron chi connectivity index (χ4n) is 3.26. The maximum atomic E-state index is 12.5. The molecule has 1 heterocycles. The normalized spacial score (nSPS) is 14.4. The Kier molecular flexibility index (Phi) is 5.73. The molecule has 5 heteroatoms. The average molecular weight is 380 g/mol. The number of benzene rings is 2. The molecule has 1 aliphatic heterocycles. The zero-order valence-corrected chi connectivity index (χ0v) is 17.0. The van der Waals surface area contributed by atoms with Crippen LogP contribution in [0.3, 0.4) is 0 Å². The molecule has 1 N–H and O–H groups in total. The zero-order valence-electron chi connectivity index (χ0n) is 17.0. The van der Waals surface area contributed by atoms with Crippen molar-refractivity contribution >= 4 is 17.5 Å². The molecule has 0 saturated heterocycles. The van der Waals surface area contributed by atoms with Crippen molar-refractivity contribution in [2.24, 2.45) is 0 Å². The quantitative estimate of drug-likeness (QED) is 0.802. The second-order valence-corrected chi connectivity index (χ2v) is 8.23. The van der Waals surface area contributed by atoms with Crippen LogP contribution in [-0.2, 0) is 10.2 Å². The fraction of sp³-hybridized carbons (Fsp3) is 0.391. The Bertz CT molecular complexity index is 866. The first-order valence-corrected chi connectivity index (χ1v) is 9.68. The molecule has 3 rings (SSSR count). The molecule has 0 atom stereocenters. The van der Waals surface area contributed by atoms with E-state index < -0.39 is 0 Å². The maximum absolute atomic E-state index is 12.5. The molecule has 0 aromatic heterocycles. The molecule has 2 amide bonds. The van der Waals surface area contributed by atoms with Gasteiger partial charge >= 0.3 is 0 Å². The van der Waals surface area contributed by atoms with Gasteiger partial charge in [0.05, 0.1) is 24.4 Å². The Morgan fingerprint density at radius 3 is 2.46 bits per heavy atom. The zero-order chi connectivity index (χ0) is 20.3. The minimum Gasteiger partial charge on any atom is -0.494 e. The van der Waals surface area contributed by atoms with Gasteiger partial charge in [0.1, 0.15) is 5.75 Å². The van der Waals surface area contributed by atoms with Crippen LogP contribution in [0.5, 0.6) is 5.75 Å². The van der Waals surface area contributed by atoms with Crippen molar-refractivity contribution in [2.75, 3.05) is 24.6 Å². The number of amides is 2. The second-order valence-electron chi connectivity index (χ2n) is 8.23. The number of ether oxygens (including phenoxy) is 1. The lowest BCUT2D eigenvalue weighted by molar-refractivity contribution is -0.117. The molecule has 2 aromatic carbocycles. The van der Waals surface area contributed by atoms with Crippen LogP contribution >= 0.6 is 0 Å². The standard InChI is InChI=1S/C23H28N2O3/c1-16-6-11-20-19(14-16)22(27)24-15-21(26)25(20)12-5-13-28-18-9-7-17(8-10-18)23(2,3)4/h6-11,14H,5,12-13,15H2,1-4H3,(H,24,27). The summed E-state index contributed by atoms with van der Waals surface area (Å²) in [6.07, 6.45) is 0.675. The average Bonchev–Trinajstić information content (AvgIpc) is 2.76. The van der Waals surface area contributed by atoms with Crippen LogP contribution < -0.4 is 15.0 Å². The SMILES string of the molecule is Cc1ccc2c(c1)C(=O)NCC(=O)N2CCCOc1ccc(C(C)(C)C)cc1. The molecule has 0 saturated carbocycles. The number of nitrogens with zero attached hydrogens (tertiary/aromatic N) is 1. The van der Waals surface area contributed by atoms with Gasteiger partial charge in [-0.2, -0.15) is 0 Å². The third-order valence-corrected chi connectivity index (χ3v) is 4.90. The number of rotatable bonds is 5. The van der Waals surface area contributed by atoms with Crippen LogP contribution in [0.4, 0.5) is 5.69 Å². The summed E-state index contributed by atoms with van der Waals surface area (Å²) in [5.74, 6) is 0.512. The number of anilines is 1. The van der Waals surface area contributed by atoms with Gasteiger partial charge in [-0.15, -0.1) is 0 Å². The van der Waals surface area contributed by atoms with E-state index in [0.717, 1.165) is 11.3 Å². The predicted molar refractivity (Wildman–Crippen MR) is 111 cm³/mol. The molecular weight excluding hydrogens is 352 g/mol. The second kappa shape index (κ2) is 8.05. The minimum absolute atomic E-state index is 0.0156. The molecule has 0 fully saturated rings. The molecule has 0 aliphatic carbocycles. The largest absolute Gasteiger partial charge is 0.494 e. The van der Waals surface area contributed by atoms with E-state index in [1.54, 1.807) is 4.90 Å². The van der Waals surface area contributed by atoms with Gasteiger partial charge in [0.25, 0.3) is 5.91 Å². The van der Waals surface area contributed by atoms with E-state index in [2.05, 4.69) is 38.2 Å². The first-order valence-electron chi connectivity index (χ1n) is 9.68. The van der Waals surface area contributed by atoms with E-state index in [-0.39, 0.29) is 23.8 Å². The van der Waals surface area contributed by atoms with E-state index in [4.69, 9.17) is 4.74 Å². The van der Waals surface area contributed by atoms with Crippen molar-refractivity contribution in [3.05, 3.63) is 59.2 Å². The van der Waals surface area contributed by atoms with Gasteiger partial charge < -0.3 is 15.0 Å². The number of carbonyl (C=O) groups is 2. The molecule has 1 aliphatic rings. The topological polar surface area (TPSA) is 58.6 Å². The van der Waals surface area contributed by atoms with E-state index in [9.17, 15) is 9.59 Å². The Hall–Kier alpha value is -2.82. The van der Waals surface area contributed by atoms with E-state index in [1.165, 1.54) is 5.56 Å². The first kappa shape index (κ1) is 19.9. The Labute approximate surface area is 166 Å². The number of fused-ring (bicyclic) bond motifs is 1. The lowest BCUT2D eigenvalue weighted by Crippen LogP contribution is -2.37. The summed E-state index contributed by atoms with van der Waals surface area (Å²) in [5, 5.41) is 2.68. The van der Waals surface area contributed by atoms with Crippen molar-refractivity contribution in [3.8, 4) is 5.75 Å². The van der Waals surface area contributed by atoms with Gasteiger partial charge in [-0.1, -0.05) is 44.5 Å². The number of aryl methyl sites for hydroxylation is 1. The van der Waals surface area contributed by atoms with E-state index >= 15 is 0 Å². The van der Waals surface area contributed by atoms with Crippen LogP contribution in [0.1, 0.15) is 48.7 Å². The first-order chi connectivity index (χ1) is 13.3. The van der Waals surface area contributed by atoms with E-state index in [1.807, 2.05) is 37.3 Å². The summed E-state index contributed by atoms with van der Waals surface area (Å²) >= 11 is 0. The van der Waals surface area contributed by atoms with Crippen molar-refractivity contribution in [1.82, 2.24) is 5.32 Å². The molecule has 28 heavy (non-hydrogen) atoms. The van der Waals surface area contributed by atoms with Crippen LogP contribution in [0, 0.1) is 6.92 Å². The van der Waals surface area contributed by atoms with E-state index in [0.29, 0.717) is 30.8 Å². The van der Waals surface area contributed by atoms with Crippen molar-refractivity contribution < 1.29 is 14.3 Å². The Morgan fingerprint density at radius 1 is 1.07 bits per heavy atom. The molecule has 148 valence electrons. The molecule has 2 aromatic rings. The molecule has 5 nitrogen and oxygen atoms in total. The highest BCUT2D eigenvalue weighted by atomic mass is 16.5. The molecule has 0 radical (unpaired) electrons. The molecular formula is C23H28N2O3.